The number of hydrogen-bond acceptors (Lipinski definition) is 9. The van der Waals surface area contributed by atoms with Crippen molar-refractivity contribution in [2.75, 3.05) is 50.8 Å². The molecular formula is C33H29F3N6O3. The van der Waals surface area contributed by atoms with Crippen molar-refractivity contribution < 1.29 is 27.8 Å². The van der Waals surface area contributed by atoms with E-state index in [0.29, 0.717) is 56.8 Å². The number of fused-ring (bicyclic) bond motifs is 4. The summed E-state index contributed by atoms with van der Waals surface area (Å²) in [6.07, 6.45) is 5.60. The molecule has 0 saturated carbocycles. The number of aromatic hydroxyl groups is 1. The Labute approximate surface area is 256 Å². The number of aromatic nitrogens is 3. The van der Waals surface area contributed by atoms with Gasteiger partial charge in [0.15, 0.2) is 5.82 Å². The second-order valence-electron chi connectivity index (χ2n) is 12.3. The Bertz CT molecular complexity index is 1960. The van der Waals surface area contributed by atoms with Crippen molar-refractivity contribution >= 4 is 27.5 Å². The molecule has 6 heterocycles. The Morgan fingerprint density at radius 1 is 1.22 bits per heavy atom. The zero-order valence-corrected chi connectivity index (χ0v) is 24.2. The van der Waals surface area contributed by atoms with Crippen molar-refractivity contribution in [1.29, 1.82) is 0 Å². The summed E-state index contributed by atoms with van der Waals surface area (Å²) in [7, 11) is 0. The Hall–Kier alpha value is -4.60. The highest BCUT2D eigenvalue weighted by atomic mass is 19.1. The van der Waals surface area contributed by atoms with Gasteiger partial charge in [-0.3, -0.25) is 4.90 Å². The van der Waals surface area contributed by atoms with Crippen LogP contribution in [0.25, 0.3) is 32.9 Å². The minimum absolute atomic E-state index is 0.0658. The summed E-state index contributed by atoms with van der Waals surface area (Å²) in [5.41, 5.74) is 0.0985. The number of nitrogens with zero attached hydrogens (tertiary/aromatic N) is 5. The molecule has 3 saturated heterocycles. The van der Waals surface area contributed by atoms with Crippen LogP contribution in [0, 0.1) is 24.0 Å². The van der Waals surface area contributed by atoms with Crippen LogP contribution >= 0.6 is 0 Å². The third-order valence-corrected chi connectivity index (χ3v) is 9.35. The number of hydrogen-bond donors (Lipinski definition) is 2. The summed E-state index contributed by atoms with van der Waals surface area (Å²) < 4.78 is 58.7. The first-order valence-electron chi connectivity index (χ1n) is 14.9. The summed E-state index contributed by atoms with van der Waals surface area (Å²) in [4.78, 5) is 18.0. The third kappa shape index (κ3) is 4.36. The molecule has 4 aliphatic heterocycles. The van der Waals surface area contributed by atoms with Gasteiger partial charge < -0.3 is 24.8 Å². The van der Waals surface area contributed by atoms with E-state index in [4.69, 9.17) is 20.9 Å². The molecule has 4 aliphatic rings. The molecule has 2 aromatic heterocycles. The molecule has 0 unspecified atom stereocenters. The van der Waals surface area contributed by atoms with Gasteiger partial charge in [0.25, 0.3) is 0 Å². The van der Waals surface area contributed by atoms with Crippen LogP contribution < -0.4 is 19.7 Å². The first-order valence-corrected chi connectivity index (χ1v) is 14.9. The van der Waals surface area contributed by atoms with Crippen LogP contribution in [0.5, 0.6) is 17.6 Å². The highest BCUT2D eigenvalue weighted by Gasteiger charge is 2.51. The second-order valence-corrected chi connectivity index (χ2v) is 12.3. The number of ether oxygens (including phenoxy) is 2. The van der Waals surface area contributed by atoms with Gasteiger partial charge in [0.1, 0.15) is 53.4 Å². The number of alkyl halides is 1. The van der Waals surface area contributed by atoms with E-state index in [1.165, 1.54) is 24.3 Å². The molecule has 0 aliphatic carbocycles. The van der Waals surface area contributed by atoms with E-state index >= 15 is 4.39 Å². The van der Waals surface area contributed by atoms with Gasteiger partial charge in [-0.2, -0.15) is 9.97 Å². The van der Waals surface area contributed by atoms with E-state index in [0.717, 1.165) is 5.57 Å². The lowest BCUT2D eigenvalue weighted by molar-refractivity contribution is 0.107. The lowest BCUT2D eigenvalue weighted by atomic mass is 9.93. The molecule has 0 amide bonds. The summed E-state index contributed by atoms with van der Waals surface area (Å²) in [5, 5.41) is 14.8. The fourth-order valence-electron chi connectivity index (χ4n) is 7.42. The largest absolute Gasteiger partial charge is 0.508 e. The van der Waals surface area contributed by atoms with Crippen LogP contribution in [0.3, 0.4) is 0 Å². The number of anilines is 1. The SMILES string of the molecule is C#Cc1c(F)ccc2cc(O)cc(-c3nc4c5c(nc(OC[C@]67CC(=C)CN6C[C@H](F)C7)nc5c3F)N3CCNC[C@H]3CO4)c12. The van der Waals surface area contributed by atoms with Gasteiger partial charge in [0, 0.05) is 50.1 Å². The Kier molecular flexibility index (Phi) is 6.34. The van der Waals surface area contributed by atoms with Gasteiger partial charge in [0.2, 0.25) is 5.88 Å². The lowest BCUT2D eigenvalue weighted by Crippen LogP contribution is -2.53. The maximum absolute atomic E-state index is 16.9. The highest BCUT2D eigenvalue weighted by Crippen LogP contribution is 2.45. The number of nitrogens with one attached hydrogen (secondary N) is 1. The highest BCUT2D eigenvalue weighted by molar-refractivity contribution is 6.04. The third-order valence-electron chi connectivity index (χ3n) is 9.35. The predicted octanol–water partition coefficient (Wildman–Crippen LogP) is 4.10. The van der Waals surface area contributed by atoms with Gasteiger partial charge >= 0.3 is 6.01 Å². The van der Waals surface area contributed by atoms with Gasteiger partial charge in [-0.15, -0.1) is 6.42 Å². The molecule has 3 atom stereocenters. The van der Waals surface area contributed by atoms with Gasteiger partial charge in [-0.25, -0.2) is 18.2 Å². The average Bonchev–Trinajstić information content (AvgIpc) is 3.42. The van der Waals surface area contributed by atoms with Crippen molar-refractivity contribution in [3.05, 3.63) is 53.6 Å². The Morgan fingerprint density at radius 3 is 2.93 bits per heavy atom. The molecule has 4 aromatic rings. The molecule has 2 aromatic carbocycles. The zero-order chi connectivity index (χ0) is 31.0. The van der Waals surface area contributed by atoms with E-state index in [1.807, 2.05) is 9.80 Å². The topological polar surface area (TPSA) is 95.9 Å². The van der Waals surface area contributed by atoms with E-state index in [9.17, 15) is 13.9 Å². The molecule has 0 radical (unpaired) electrons. The summed E-state index contributed by atoms with van der Waals surface area (Å²) in [5.74, 6) is 1.20. The number of halogens is 3. The maximum Gasteiger partial charge on any atom is 0.319 e. The van der Waals surface area contributed by atoms with Crippen LogP contribution in [0.15, 0.2) is 36.4 Å². The molecule has 230 valence electrons. The summed E-state index contributed by atoms with van der Waals surface area (Å²) in [6.45, 7) is 7.20. The van der Waals surface area contributed by atoms with E-state index in [1.54, 1.807) is 0 Å². The molecule has 9 nitrogen and oxygen atoms in total. The monoisotopic (exact) mass is 614 g/mol. The van der Waals surface area contributed by atoms with Crippen LogP contribution in [0.1, 0.15) is 18.4 Å². The van der Waals surface area contributed by atoms with Gasteiger partial charge in [-0.05, 0) is 30.0 Å². The van der Waals surface area contributed by atoms with E-state index in [-0.39, 0.29) is 70.0 Å². The van der Waals surface area contributed by atoms with Crippen LogP contribution in [-0.2, 0) is 0 Å². The summed E-state index contributed by atoms with van der Waals surface area (Å²) in [6, 6.07) is 5.18. The van der Waals surface area contributed by atoms with E-state index < -0.39 is 23.3 Å². The zero-order valence-electron chi connectivity index (χ0n) is 24.2. The van der Waals surface area contributed by atoms with Gasteiger partial charge in [0.05, 0.1) is 17.1 Å². The minimum Gasteiger partial charge on any atom is -0.508 e. The van der Waals surface area contributed by atoms with Crippen LogP contribution in [0.4, 0.5) is 19.0 Å². The average molecular weight is 615 g/mol. The predicted molar refractivity (Wildman–Crippen MR) is 162 cm³/mol. The standard InChI is InChI=1S/C33H29F3N6O3/c1-3-22-24(35)5-4-18-8-21(43)9-23(25(18)22)28-27(36)29-26-30(42-7-6-37-12-20(42)15-44-31(26)38-28)40-32(39-29)45-16-33-10-17(2)13-41(33)14-19(34)11-33/h1,4-5,8-9,19-20,37,43H,2,6-7,10-16H2/t19-,20+,33-/m1/s1. The number of rotatable bonds is 4. The van der Waals surface area contributed by atoms with Crippen molar-refractivity contribution in [1.82, 2.24) is 25.2 Å². The molecule has 2 N–H and O–H groups in total. The van der Waals surface area contributed by atoms with E-state index in [2.05, 4.69) is 27.8 Å². The molecule has 0 spiro atoms. The minimum atomic E-state index is -0.980. The number of terminal acetylenes is 1. The summed E-state index contributed by atoms with van der Waals surface area (Å²) >= 11 is 0. The fraction of sp³-hybridized carbons (Fsp3) is 0.364. The molecular weight excluding hydrogens is 585 g/mol. The quantitative estimate of drug-likeness (QED) is 0.260. The smallest absolute Gasteiger partial charge is 0.319 e. The molecule has 3 fully saturated rings. The Balaban J connectivity index is 1.33. The van der Waals surface area contributed by atoms with Crippen molar-refractivity contribution in [2.24, 2.45) is 0 Å². The fourth-order valence-corrected chi connectivity index (χ4v) is 7.42. The number of pyridine rings is 1. The molecule has 8 rings (SSSR count). The normalized spacial score (nSPS) is 24.3. The molecule has 45 heavy (non-hydrogen) atoms. The maximum atomic E-state index is 16.9. The number of phenols is 1. The van der Waals surface area contributed by atoms with Crippen molar-refractivity contribution in [3.63, 3.8) is 0 Å². The van der Waals surface area contributed by atoms with Crippen molar-refractivity contribution in [3.8, 4) is 41.2 Å². The first kappa shape index (κ1) is 27.9. The van der Waals surface area contributed by atoms with Crippen LogP contribution in [0.2, 0.25) is 0 Å². The molecule has 0 bridgehead atoms. The number of benzene rings is 2. The molecule has 12 heteroatoms. The second kappa shape index (κ2) is 10.2. The van der Waals surface area contributed by atoms with Gasteiger partial charge in [-0.1, -0.05) is 24.1 Å². The van der Waals surface area contributed by atoms with Crippen molar-refractivity contribution in [2.45, 2.75) is 30.6 Å². The number of piperazine rings is 1. The Morgan fingerprint density at radius 2 is 2.09 bits per heavy atom. The first-order chi connectivity index (χ1) is 21.7. The van der Waals surface area contributed by atoms with Crippen LogP contribution in [-0.4, -0.2) is 88.6 Å². The lowest BCUT2D eigenvalue weighted by Gasteiger charge is -2.35. The number of phenolic OH excluding ortho intramolecular Hbond substituents is 1.